The Morgan fingerprint density at radius 1 is 1.23 bits per heavy atom. The molecule has 1 aliphatic rings. The summed E-state index contributed by atoms with van der Waals surface area (Å²) in [7, 11) is 0. The van der Waals surface area contributed by atoms with E-state index < -0.39 is 0 Å². The van der Waals surface area contributed by atoms with Crippen LogP contribution in [0.25, 0.3) is 0 Å². The maximum absolute atomic E-state index is 5.40. The molecule has 0 aromatic carbocycles. The molecular formula is C20H37IN4O. The molecule has 5 nitrogen and oxygen atoms in total. The second kappa shape index (κ2) is 14.3. The number of piperidine rings is 1. The fourth-order valence-corrected chi connectivity index (χ4v) is 3.14. The second-order valence-corrected chi connectivity index (χ2v) is 6.95. The summed E-state index contributed by atoms with van der Waals surface area (Å²) in [6.07, 6.45) is 9.95. The monoisotopic (exact) mass is 476 g/mol. The molecule has 150 valence electrons. The molecule has 0 radical (unpaired) electrons. The number of hydrogen-bond acceptors (Lipinski definition) is 3. The number of halogens is 1. The molecule has 6 heteroatoms. The summed E-state index contributed by atoms with van der Waals surface area (Å²) in [5, 5.41) is 7.13. The number of unbranched alkanes of at least 4 members (excludes halogenated alkanes) is 2. The average molecular weight is 476 g/mol. The van der Waals surface area contributed by atoms with Crippen LogP contribution < -0.4 is 10.6 Å². The van der Waals surface area contributed by atoms with Gasteiger partial charge < -0.3 is 20.0 Å². The van der Waals surface area contributed by atoms with Crippen molar-refractivity contribution in [3.05, 3.63) is 24.2 Å². The number of nitrogens with zero attached hydrogens (tertiary/aromatic N) is 2. The van der Waals surface area contributed by atoms with Crippen LogP contribution in [-0.2, 0) is 6.42 Å². The molecule has 1 saturated heterocycles. The van der Waals surface area contributed by atoms with Crippen LogP contribution in [0.4, 0.5) is 0 Å². The molecule has 0 spiro atoms. The van der Waals surface area contributed by atoms with Crippen LogP contribution in [0.5, 0.6) is 0 Å². The Bertz CT molecular complexity index is 470. The maximum Gasteiger partial charge on any atom is 0.191 e. The highest BCUT2D eigenvalue weighted by Gasteiger charge is 2.19. The first-order valence-electron chi connectivity index (χ1n) is 10.1. The molecule has 2 N–H and O–H groups in total. The van der Waals surface area contributed by atoms with Crippen molar-refractivity contribution in [2.24, 2.45) is 4.99 Å². The van der Waals surface area contributed by atoms with E-state index in [9.17, 15) is 0 Å². The molecule has 0 amide bonds. The third-order valence-corrected chi connectivity index (χ3v) is 4.78. The van der Waals surface area contributed by atoms with E-state index in [4.69, 9.17) is 9.41 Å². The summed E-state index contributed by atoms with van der Waals surface area (Å²) in [5.41, 5.74) is 0. The van der Waals surface area contributed by atoms with Crippen LogP contribution >= 0.6 is 24.0 Å². The van der Waals surface area contributed by atoms with Crippen LogP contribution in [0.2, 0.25) is 0 Å². The lowest BCUT2D eigenvalue weighted by atomic mass is 10.0. The van der Waals surface area contributed by atoms with Gasteiger partial charge in [0.2, 0.25) is 0 Å². The van der Waals surface area contributed by atoms with Crippen molar-refractivity contribution in [3.63, 3.8) is 0 Å². The van der Waals surface area contributed by atoms with E-state index in [0.717, 1.165) is 37.7 Å². The third-order valence-electron chi connectivity index (χ3n) is 4.78. The number of rotatable bonds is 10. The average Bonchev–Trinajstić information content (AvgIpc) is 3.14. The summed E-state index contributed by atoms with van der Waals surface area (Å²) in [5.74, 6) is 1.98. The summed E-state index contributed by atoms with van der Waals surface area (Å²) in [4.78, 5) is 7.34. The molecule has 0 bridgehead atoms. The molecule has 1 aromatic rings. The van der Waals surface area contributed by atoms with E-state index in [-0.39, 0.29) is 24.0 Å². The smallest absolute Gasteiger partial charge is 0.191 e. The molecule has 0 unspecified atom stereocenters. The highest BCUT2D eigenvalue weighted by atomic mass is 127. The Kier molecular flexibility index (Phi) is 12.8. The van der Waals surface area contributed by atoms with Crippen molar-refractivity contribution in [1.82, 2.24) is 15.5 Å². The standard InChI is InChI=1S/C20H36N4O.HI/c1-3-5-12-21-20(22-13-9-19-8-7-17-25-19)23-18-10-15-24(16-11-18)14-6-4-2;/h7-8,17-18H,3-6,9-16H2,1-2H3,(H2,21,22,23);1H. The predicted octanol–water partition coefficient (Wildman–Crippen LogP) is 4.04. The van der Waals surface area contributed by atoms with E-state index >= 15 is 0 Å². The Morgan fingerprint density at radius 3 is 2.65 bits per heavy atom. The molecule has 1 aliphatic heterocycles. The molecule has 1 aromatic heterocycles. The number of nitrogens with one attached hydrogen (secondary N) is 2. The van der Waals surface area contributed by atoms with Gasteiger partial charge in [-0.15, -0.1) is 24.0 Å². The minimum absolute atomic E-state index is 0. The van der Waals surface area contributed by atoms with Gasteiger partial charge in [-0.2, -0.15) is 0 Å². The Morgan fingerprint density at radius 2 is 2.00 bits per heavy atom. The van der Waals surface area contributed by atoms with E-state index in [1.54, 1.807) is 6.26 Å². The molecule has 26 heavy (non-hydrogen) atoms. The molecular weight excluding hydrogens is 439 g/mol. The number of furan rings is 1. The lowest BCUT2D eigenvalue weighted by Gasteiger charge is -2.33. The van der Waals surface area contributed by atoms with Gasteiger partial charge in [-0.25, -0.2) is 0 Å². The fraction of sp³-hybridized carbons (Fsp3) is 0.750. The van der Waals surface area contributed by atoms with Crippen molar-refractivity contribution < 1.29 is 4.42 Å². The quantitative estimate of drug-likeness (QED) is 0.232. The largest absolute Gasteiger partial charge is 0.469 e. The Balaban J connectivity index is 0.00000338. The normalized spacial score (nSPS) is 16.3. The van der Waals surface area contributed by atoms with Gasteiger partial charge in [0.15, 0.2) is 5.96 Å². The summed E-state index contributed by atoms with van der Waals surface area (Å²) < 4.78 is 5.40. The topological polar surface area (TPSA) is 52.8 Å². The molecule has 2 heterocycles. The Hall–Kier alpha value is -0.760. The van der Waals surface area contributed by atoms with Crippen LogP contribution in [0.3, 0.4) is 0 Å². The number of guanidine groups is 1. The van der Waals surface area contributed by atoms with Crippen LogP contribution in [0.1, 0.15) is 58.1 Å². The van der Waals surface area contributed by atoms with Gasteiger partial charge in [-0.3, -0.25) is 4.99 Å². The first kappa shape index (κ1) is 23.3. The van der Waals surface area contributed by atoms with Crippen molar-refractivity contribution in [2.45, 2.75) is 64.8 Å². The zero-order valence-corrected chi connectivity index (χ0v) is 18.8. The third kappa shape index (κ3) is 9.26. The summed E-state index contributed by atoms with van der Waals surface area (Å²) in [6.45, 7) is 9.87. The maximum atomic E-state index is 5.40. The first-order chi connectivity index (χ1) is 12.3. The van der Waals surface area contributed by atoms with Crippen molar-refractivity contribution >= 4 is 29.9 Å². The van der Waals surface area contributed by atoms with Gasteiger partial charge in [-0.05, 0) is 44.4 Å². The molecule has 0 aliphatic carbocycles. The van der Waals surface area contributed by atoms with Crippen molar-refractivity contribution in [3.8, 4) is 0 Å². The highest BCUT2D eigenvalue weighted by Crippen LogP contribution is 2.11. The second-order valence-electron chi connectivity index (χ2n) is 6.95. The molecule has 1 fully saturated rings. The highest BCUT2D eigenvalue weighted by molar-refractivity contribution is 14.0. The lowest BCUT2D eigenvalue weighted by molar-refractivity contribution is 0.203. The molecule has 0 atom stereocenters. The SMILES string of the molecule is CCCCN=C(NCCc1ccco1)NC1CCN(CCCC)CC1.I. The summed E-state index contributed by atoms with van der Waals surface area (Å²) >= 11 is 0. The summed E-state index contributed by atoms with van der Waals surface area (Å²) in [6, 6.07) is 4.50. The number of hydrogen-bond donors (Lipinski definition) is 2. The van der Waals surface area contributed by atoms with Crippen molar-refractivity contribution in [2.75, 3.05) is 32.7 Å². The number of likely N-dealkylation sites (tertiary alicyclic amines) is 1. The minimum atomic E-state index is 0. The van der Waals surface area contributed by atoms with Gasteiger partial charge in [0.05, 0.1) is 6.26 Å². The zero-order valence-electron chi connectivity index (χ0n) is 16.5. The van der Waals surface area contributed by atoms with E-state index in [0.29, 0.717) is 6.04 Å². The van der Waals surface area contributed by atoms with Crippen LogP contribution in [0.15, 0.2) is 27.8 Å². The predicted molar refractivity (Wildman–Crippen MR) is 121 cm³/mol. The van der Waals surface area contributed by atoms with Gasteiger partial charge in [0, 0.05) is 38.6 Å². The molecule has 0 saturated carbocycles. The van der Waals surface area contributed by atoms with Gasteiger partial charge in [0.1, 0.15) is 5.76 Å². The van der Waals surface area contributed by atoms with Crippen molar-refractivity contribution in [1.29, 1.82) is 0 Å². The van der Waals surface area contributed by atoms with Crippen LogP contribution in [-0.4, -0.2) is 49.6 Å². The zero-order chi connectivity index (χ0) is 17.7. The van der Waals surface area contributed by atoms with E-state index in [1.165, 1.54) is 51.7 Å². The van der Waals surface area contributed by atoms with Crippen LogP contribution in [0, 0.1) is 0 Å². The lowest BCUT2D eigenvalue weighted by Crippen LogP contribution is -2.49. The Labute approximate surface area is 176 Å². The van der Waals surface area contributed by atoms with Gasteiger partial charge in [-0.1, -0.05) is 26.7 Å². The van der Waals surface area contributed by atoms with E-state index in [2.05, 4.69) is 29.4 Å². The number of aliphatic imine (C=N–C) groups is 1. The first-order valence-corrected chi connectivity index (χ1v) is 10.1. The fourth-order valence-electron chi connectivity index (χ4n) is 3.14. The van der Waals surface area contributed by atoms with Gasteiger partial charge >= 0.3 is 0 Å². The van der Waals surface area contributed by atoms with E-state index in [1.807, 2.05) is 12.1 Å². The minimum Gasteiger partial charge on any atom is -0.469 e. The molecule has 2 rings (SSSR count). The van der Waals surface area contributed by atoms with Gasteiger partial charge in [0.25, 0.3) is 0 Å².